The van der Waals surface area contributed by atoms with Crippen molar-refractivity contribution >= 4 is 0 Å². The summed E-state index contributed by atoms with van der Waals surface area (Å²) in [4.78, 5) is 0. The molecule has 0 radical (unpaired) electrons. The smallest absolute Gasteiger partial charge is 0.0906 e. The fourth-order valence-corrected chi connectivity index (χ4v) is 1.70. The third-order valence-electron chi connectivity index (χ3n) is 2.36. The van der Waals surface area contributed by atoms with Crippen LogP contribution in [-0.4, -0.2) is 31.0 Å². The van der Waals surface area contributed by atoms with Crippen molar-refractivity contribution in [3.05, 3.63) is 0 Å². The first kappa shape index (κ1) is 11.9. The number of alkyl halides is 1. The minimum absolute atomic E-state index is 0.0332. The van der Waals surface area contributed by atoms with Crippen molar-refractivity contribution in [2.45, 2.75) is 57.8 Å². The topological polar surface area (TPSA) is 21.3 Å². The van der Waals surface area contributed by atoms with Crippen LogP contribution < -0.4 is 5.32 Å². The number of nitrogens with one attached hydrogen (secondary N) is 1. The van der Waals surface area contributed by atoms with Crippen LogP contribution in [0.1, 0.15) is 40.0 Å². The van der Waals surface area contributed by atoms with E-state index < -0.39 is 0 Å². The Balaban J connectivity index is 2.00. The first-order chi connectivity index (χ1) is 6.51. The molecule has 1 aliphatic carbocycles. The van der Waals surface area contributed by atoms with Gasteiger partial charge in [-0.3, -0.25) is 4.39 Å². The monoisotopic (exact) mass is 203 g/mol. The Morgan fingerprint density at radius 1 is 1.36 bits per heavy atom. The van der Waals surface area contributed by atoms with Crippen molar-refractivity contribution in [3.63, 3.8) is 0 Å². The minimum atomic E-state index is -0.221. The van der Waals surface area contributed by atoms with E-state index in [0.717, 1.165) is 19.4 Å². The molecule has 2 nitrogen and oxygen atoms in total. The molecule has 0 amide bonds. The molecular weight excluding hydrogens is 181 g/mol. The molecule has 0 atom stereocenters. The molecule has 1 aliphatic rings. The minimum Gasteiger partial charge on any atom is -0.373 e. The zero-order valence-corrected chi connectivity index (χ0v) is 9.48. The lowest BCUT2D eigenvalue weighted by Gasteiger charge is -2.39. The summed E-state index contributed by atoms with van der Waals surface area (Å²) in [7, 11) is 0. The second-order valence-electron chi connectivity index (χ2n) is 5.02. The number of hydrogen-bond donors (Lipinski definition) is 1. The average Bonchev–Trinajstić information content (AvgIpc) is 1.97. The second-order valence-corrected chi connectivity index (χ2v) is 5.02. The van der Waals surface area contributed by atoms with Crippen LogP contribution in [0, 0.1) is 0 Å². The fourth-order valence-electron chi connectivity index (χ4n) is 1.70. The van der Waals surface area contributed by atoms with E-state index in [2.05, 4.69) is 26.1 Å². The van der Waals surface area contributed by atoms with Crippen molar-refractivity contribution in [1.82, 2.24) is 5.32 Å². The average molecular weight is 203 g/mol. The molecule has 0 heterocycles. The van der Waals surface area contributed by atoms with E-state index in [9.17, 15) is 4.39 Å². The molecule has 0 spiro atoms. The zero-order chi connectivity index (χ0) is 10.6. The lowest BCUT2D eigenvalue weighted by molar-refractivity contribution is -0.102. The highest BCUT2D eigenvalue weighted by atomic mass is 19.1. The highest BCUT2D eigenvalue weighted by Gasteiger charge is 2.32. The SMILES string of the molecule is CC(C)(C)OC1CC(NCCCF)C1. The van der Waals surface area contributed by atoms with Crippen LogP contribution in [0.2, 0.25) is 0 Å². The van der Waals surface area contributed by atoms with Crippen LogP contribution in [-0.2, 0) is 4.74 Å². The summed E-state index contributed by atoms with van der Waals surface area (Å²) in [5.41, 5.74) is -0.0332. The van der Waals surface area contributed by atoms with Crippen molar-refractivity contribution in [2.24, 2.45) is 0 Å². The Morgan fingerprint density at radius 2 is 2.00 bits per heavy atom. The van der Waals surface area contributed by atoms with Crippen LogP contribution in [0.15, 0.2) is 0 Å². The van der Waals surface area contributed by atoms with Gasteiger partial charge in [0.05, 0.1) is 18.4 Å². The van der Waals surface area contributed by atoms with Crippen molar-refractivity contribution in [1.29, 1.82) is 0 Å². The Bertz CT molecular complexity index is 161. The molecule has 1 saturated carbocycles. The van der Waals surface area contributed by atoms with Gasteiger partial charge in [0, 0.05) is 6.04 Å². The van der Waals surface area contributed by atoms with E-state index in [4.69, 9.17) is 4.74 Å². The maximum atomic E-state index is 11.8. The fraction of sp³-hybridized carbons (Fsp3) is 1.00. The highest BCUT2D eigenvalue weighted by Crippen LogP contribution is 2.27. The standard InChI is InChI=1S/C11H22FNO/c1-11(2,3)14-10-7-9(8-10)13-6-4-5-12/h9-10,13H,4-8H2,1-3H3. The second kappa shape index (κ2) is 5.08. The third kappa shape index (κ3) is 4.38. The van der Waals surface area contributed by atoms with Gasteiger partial charge in [0.25, 0.3) is 0 Å². The van der Waals surface area contributed by atoms with E-state index >= 15 is 0 Å². The molecule has 0 bridgehead atoms. The van der Waals surface area contributed by atoms with Crippen LogP contribution in [0.3, 0.4) is 0 Å². The van der Waals surface area contributed by atoms with Gasteiger partial charge in [0.2, 0.25) is 0 Å². The van der Waals surface area contributed by atoms with Crippen LogP contribution >= 0.6 is 0 Å². The predicted molar refractivity (Wildman–Crippen MR) is 56.2 cm³/mol. The summed E-state index contributed by atoms with van der Waals surface area (Å²) in [5.74, 6) is 0. The Hall–Kier alpha value is -0.150. The summed E-state index contributed by atoms with van der Waals surface area (Å²) >= 11 is 0. The van der Waals surface area contributed by atoms with Crippen molar-refractivity contribution in [2.75, 3.05) is 13.2 Å². The normalized spacial score (nSPS) is 27.4. The largest absolute Gasteiger partial charge is 0.373 e. The van der Waals surface area contributed by atoms with E-state index in [1.165, 1.54) is 0 Å². The van der Waals surface area contributed by atoms with Gasteiger partial charge in [-0.15, -0.1) is 0 Å². The predicted octanol–water partition coefficient (Wildman–Crippen LogP) is 2.28. The third-order valence-corrected chi connectivity index (χ3v) is 2.36. The number of ether oxygens (including phenoxy) is 1. The van der Waals surface area contributed by atoms with Crippen LogP contribution in [0.5, 0.6) is 0 Å². The molecular formula is C11H22FNO. The lowest BCUT2D eigenvalue weighted by atomic mass is 9.88. The van der Waals surface area contributed by atoms with Crippen LogP contribution in [0.25, 0.3) is 0 Å². The first-order valence-corrected chi connectivity index (χ1v) is 5.48. The van der Waals surface area contributed by atoms with Gasteiger partial charge in [0.15, 0.2) is 0 Å². The highest BCUT2D eigenvalue weighted by molar-refractivity contribution is 4.87. The summed E-state index contributed by atoms with van der Waals surface area (Å²) in [6.07, 6.45) is 3.17. The summed E-state index contributed by atoms with van der Waals surface area (Å²) in [6.45, 7) is 6.82. The molecule has 0 aliphatic heterocycles. The number of rotatable bonds is 5. The maximum Gasteiger partial charge on any atom is 0.0906 e. The van der Waals surface area contributed by atoms with Gasteiger partial charge in [-0.25, -0.2) is 0 Å². The van der Waals surface area contributed by atoms with Crippen molar-refractivity contribution in [3.8, 4) is 0 Å². The molecule has 0 unspecified atom stereocenters. The quantitative estimate of drug-likeness (QED) is 0.692. The maximum absolute atomic E-state index is 11.8. The summed E-state index contributed by atoms with van der Waals surface area (Å²) in [6, 6.07) is 0.550. The zero-order valence-electron chi connectivity index (χ0n) is 9.48. The van der Waals surface area contributed by atoms with E-state index in [1.54, 1.807) is 0 Å². The summed E-state index contributed by atoms with van der Waals surface area (Å²) < 4.78 is 17.6. The van der Waals surface area contributed by atoms with Crippen molar-refractivity contribution < 1.29 is 9.13 Å². The van der Waals surface area contributed by atoms with E-state index in [-0.39, 0.29) is 12.3 Å². The Kier molecular flexibility index (Phi) is 4.32. The molecule has 0 aromatic heterocycles. The Labute approximate surface area is 86.2 Å². The van der Waals surface area contributed by atoms with E-state index in [0.29, 0.717) is 18.6 Å². The summed E-state index contributed by atoms with van der Waals surface area (Å²) in [5, 5.41) is 3.32. The molecule has 14 heavy (non-hydrogen) atoms. The van der Waals surface area contributed by atoms with Crippen LogP contribution in [0.4, 0.5) is 4.39 Å². The number of halogens is 1. The molecule has 0 aromatic carbocycles. The Morgan fingerprint density at radius 3 is 2.50 bits per heavy atom. The van der Waals surface area contributed by atoms with E-state index in [1.807, 2.05) is 0 Å². The molecule has 0 aromatic rings. The molecule has 1 N–H and O–H groups in total. The molecule has 84 valence electrons. The van der Waals surface area contributed by atoms with Gasteiger partial charge >= 0.3 is 0 Å². The van der Waals surface area contributed by atoms with Gasteiger partial charge in [-0.05, 0) is 46.6 Å². The molecule has 1 fully saturated rings. The first-order valence-electron chi connectivity index (χ1n) is 5.48. The lowest BCUT2D eigenvalue weighted by Crippen LogP contribution is -2.48. The molecule has 1 rings (SSSR count). The number of hydrogen-bond acceptors (Lipinski definition) is 2. The van der Waals surface area contributed by atoms with Gasteiger partial charge in [-0.1, -0.05) is 0 Å². The van der Waals surface area contributed by atoms with Gasteiger partial charge in [-0.2, -0.15) is 0 Å². The molecule has 3 heteroatoms. The molecule has 0 saturated heterocycles. The van der Waals surface area contributed by atoms with Gasteiger partial charge < -0.3 is 10.1 Å². The van der Waals surface area contributed by atoms with Gasteiger partial charge in [0.1, 0.15) is 0 Å².